The lowest BCUT2D eigenvalue weighted by molar-refractivity contribution is -0.135. The lowest BCUT2D eigenvalue weighted by Gasteiger charge is -2.32. The second-order valence-corrected chi connectivity index (χ2v) is 8.05. The molecular formula is C23H22ClN5O3. The summed E-state index contributed by atoms with van der Waals surface area (Å²) < 4.78 is 1.17. The van der Waals surface area contributed by atoms with Gasteiger partial charge in [-0.2, -0.15) is 5.10 Å². The number of piperidine rings is 1. The number of anilines is 1. The van der Waals surface area contributed by atoms with Crippen LogP contribution in [-0.2, 0) is 16.1 Å². The molecule has 0 aliphatic carbocycles. The van der Waals surface area contributed by atoms with Crippen molar-refractivity contribution < 1.29 is 9.59 Å². The molecule has 1 fully saturated rings. The van der Waals surface area contributed by atoms with Crippen molar-refractivity contribution in [2.45, 2.75) is 19.4 Å². The summed E-state index contributed by atoms with van der Waals surface area (Å²) in [7, 11) is 0. The van der Waals surface area contributed by atoms with Gasteiger partial charge in [0.15, 0.2) is 0 Å². The molecule has 1 aromatic carbocycles. The Morgan fingerprint density at radius 1 is 1.09 bits per heavy atom. The SMILES string of the molecule is O=C(Nc1ccc(Cl)cn1)C1CCCN(C(=O)Cn2nc(-c3ccccc3)ccc2=O)C1. The highest BCUT2D eigenvalue weighted by molar-refractivity contribution is 6.30. The van der Waals surface area contributed by atoms with Gasteiger partial charge in [0.25, 0.3) is 5.56 Å². The monoisotopic (exact) mass is 451 g/mol. The van der Waals surface area contributed by atoms with Gasteiger partial charge in [-0.15, -0.1) is 0 Å². The summed E-state index contributed by atoms with van der Waals surface area (Å²) in [5, 5.41) is 7.61. The van der Waals surface area contributed by atoms with Crippen molar-refractivity contribution in [2.24, 2.45) is 5.92 Å². The molecule has 2 amide bonds. The van der Waals surface area contributed by atoms with E-state index in [1.165, 1.54) is 16.9 Å². The molecule has 0 saturated carbocycles. The third-order valence-corrected chi connectivity index (χ3v) is 5.57. The van der Waals surface area contributed by atoms with Crippen LogP contribution in [0.2, 0.25) is 5.02 Å². The van der Waals surface area contributed by atoms with Gasteiger partial charge in [-0.3, -0.25) is 14.4 Å². The number of hydrogen-bond acceptors (Lipinski definition) is 5. The van der Waals surface area contributed by atoms with Crippen LogP contribution in [0.25, 0.3) is 11.3 Å². The lowest BCUT2D eigenvalue weighted by Crippen LogP contribution is -2.46. The number of benzene rings is 1. The average molecular weight is 452 g/mol. The van der Waals surface area contributed by atoms with Gasteiger partial charge in [0, 0.05) is 30.9 Å². The van der Waals surface area contributed by atoms with Gasteiger partial charge in [0.1, 0.15) is 12.4 Å². The summed E-state index contributed by atoms with van der Waals surface area (Å²) in [4.78, 5) is 43.5. The fraction of sp³-hybridized carbons (Fsp3) is 0.261. The number of nitrogens with one attached hydrogen (secondary N) is 1. The van der Waals surface area contributed by atoms with E-state index in [1.54, 1.807) is 23.1 Å². The van der Waals surface area contributed by atoms with E-state index in [0.717, 1.165) is 5.56 Å². The zero-order valence-corrected chi connectivity index (χ0v) is 18.0. The molecule has 4 rings (SSSR count). The molecule has 1 aliphatic heterocycles. The number of rotatable bonds is 5. The first-order valence-electron chi connectivity index (χ1n) is 10.3. The number of halogens is 1. The van der Waals surface area contributed by atoms with Gasteiger partial charge in [-0.25, -0.2) is 9.67 Å². The van der Waals surface area contributed by atoms with Gasteiger partial charge >= 0.3 is 0 Å². The Balaban J connectivity index is 1.42. The minimum Gasteiger partial charge on any atom is -0.340 e. The second-order valence-electron chi connectivity index (χ2n) is 7.61. The number of carbonyl (C=O) groups is 2. The maximum Gasteiger partial charge on any atom is 0.267 e. The number of hydrogen-bond donors (Lipinski definition) is 1. The molecule has 0 spiro atoms. The zero-order chi connectivity index (χ0) is 22.5. The maximum absolute atomic E-state index is 12.9. The Labute approximate surface area is 189 Å². The average Bonchev–Trinajstić information content (AvgIpc) is 2.82. The standard InChI is InChI=1S/C23H22ClN5O3/c24-18-8-10-20(25-13-18)26-23(32)17-7-4-12-28(14-17)22(31)15-29-21(30)11-9-19(27-29)16-5-2-1-3-6-16/h1-3,5-6,8-11,13,17H,4,7,12,14-15H2,(H,25,26,32). The van der Waals surface area contributed by atoms with E-state index in [2.05, 4.69) is 15.4 Å². The van der Waals surface area contributed by atoms with Crippen LogP contribution in [0.15, 0.2) is 65.6 Å². The fourth-order valence-corrected chi connectivity index (χ4v) is 3.76. The quantitative estimate of drug-likeness (QED) is 0.643. The van der Waals surface area contributed by atoms with Crippen molar-refractivity contribution in [1.29, 1.82) is 0 Å². The number of pyridine rings is 1. The fourth-order valence-electron chi connectivity index (χ4n) is 3.65. The highest BCUT2D eigenvalue weighted by Crippen LogP contribution is 2.19. The third kappa shape index (κ3) is 5.20. The van der Waals surface area contributed by atoms with Gasteiger partial charge in [-0.05, 0) is 31.0 Å². The van der Waals surface area contributed by atoms with Crippen LogP contribution in [0.1, 0.15) is 12.8 Å². The van der Waals surface area contributed by atoms with E-state index in [9.17, 15) is 14.4 Å². The number of amides is 2. The zero-order valence-electron chi connectivity index (χ0n) is 17.3. The lowest BCUT2D eigenvalue weighted by atomic mass is 9.97. The van der Waals surface area contributed by atoms with Crippen molar-refractivity contribution in [3.63, 3.8) is 0 Å². The summed E-state index contributed by atoms with van der Waals surface area (Å²) in [6.07, 6.45) is 2.83. The van der Waals surface area contributed by atoms with Crippen molar-refractivity contribution in [1.82, 2.24) is 19.7 Å². The molecule has 1 saturated heterocycles. The first-order chi connectivity index (χ1) is 15.5. The summed E-state index contributed by atoms with van der Waals surface area (Å²) in [6.45, 7) is 0.646. The van der Waals surface area contributed by atoms with Crippen molar-refractivity contribution >= 4 is 29.2 Å². The number of carbonyl (C=O) groups excluding carboxylic acids is 2. The molecule has 1 aliphatic rings. The molecule has 1 unspecified atom stereocenters. The predicted octanol–water partition coefficient (Wildman–Crippen LogP) is 2.84. The maximum atomic E-state index is 12.9. The minimum atomic E-state index is -0.356. The predicted molar refractivity (Wildman–Crippen MR) is 121 cm³/mol. The first kappa shape index (κ1) is 21.7. The molecule has 1 atom stereocenters. The van der Waals surface area contributed by atoms with E-state index in [0.29, 0.717) is 35.9 Å². The van der Waals surface area contributed by atoms with Gasteiger partial charge in [0.2, 0.25) is 11.8 Å². The minimum absolute atomic E-state index is 0.174. The van der Waals surface area contributed by atoms with Crippen molar-refractivity contribution in [2.75, 3.05) is 18.4 Å². The van der Waals surface area contributed by atoms with E-state index in [1.807, 2.05) is 30.3 Å². The number of aromatic nitrogens is 3. The number of nitrogens with zero attached hydrogens (tertiary/aromatic N) is 4. The topological polar surface area (TPSA) is 97.2 Å². The van der Waals surface area contributed by atoms with E-state index < -0.39 is 0 Å². The van der Waals surface area contributed by atoms with Gasteiger partial charge in [0.05, 0.1) is 16.6 Å². The molecule has 164 valence electrons. The Morgan fingerprint density at radius 3 is 2.66 bits per heavy atom. The molecule has 0 radical (unpaired) electrons. The second kappa shape index (κ2) is 9.74. The third-order valence-electron chi connectivity index (χ3n) is 5.34. The molecule has 32 heavy (non-hydrogen) atoms. The highest BCUT2D eigenvalue weighted by Gasteiger charge is 2.29. The van der Waals surface area contributed by atoms with Crippen LogP contribution < -0.4 is 10.9 Å². The summed E-state index contributed by atoms with van der Waals surface area (Å²) in [5.41, 5.74) is 1.13. The van der Waals surface area contributed by atoms with Crippen LogP contribution in [0.4, 0.5) is 5.82 Å². The first-order valence-corrected chi connectivity index (χ1v) is 10.7. The summed E-state index contributed by atoms with van der Waals surface area (Å²) >= 11 is 5.82. The van der Waals surface area contributed by atoms with Crippen LogP contribution in [0.5, 0.6) is 0 Å². The van der Waals surface area contributed by atoms with Gasteiger partial charge in [-0.1, -0.05) is 41.9 Å². The van der Waals surface area contributed by atoms with Crippen molar-refractivity contribution in [3.8, 4) is 11.3 Å². The Morgan fingerprint density at radius 2 is 1.91 bits per heavy atom. The van der Waals surface area contributed by atoms with E-state index in [4.69, 9.17) is 11.6 Å². The number of likely N-dealkylation sites (tertiary alicyclic amines) is 1. The summed E-state index contributed by atoms with van der Waals surface area (Å²) in [5.74, 6) is -0.382. The molecule has 2 aromatic heterocycles. The smallest absolute Gasteiger partial charge is 0.267 e. The molecule has 1 N–H and O–H groups in total. The van der Waals surface area contributed by atoms with Crippen LogP contribution in [-0.4, -0.2) is 44.6 Å². The normalized spacial score (nSPS) is 15.9. The molecule has 9 heteroatoms. The molecule has 8 nitrogen and oxygen atoms in total. The van der Waals surface area contributed by atoms with Crippen LogP contribution >= 0.6 is 11.6 Å². The van der Waals surface area contributed by atoms with E-state index in [-0.39, 0.29) is 36.4 Å². The van der Waals surface area contributed by atoms with Crippen LogP contribution in [0.3, 0.4) is 0 Å². The largest absolute Gasteiger partial charge is 0.340 e. The molecule has 3 aromatic rings. The molecule has 3 heterocycles. The Kier molecular flexibility index (Phi) is 6.61. The van der Waals surface area contributed by atoms with Crippen LogP contribution in [0, 0.1) is 5.92 Å². The van der Waals surface area contributed by atoms with Gasteiger partial charge < -0.3 is 10.2 Å². The molecular weight excluding hydrogens is 430 g/mol. The highest BCUT2D eigenvalue weighted by atomic mass is 35.5. The van der Waals surface area contributed by atoms with Crippen molar-refractivity contribution in [3.05, 3.63) is 76.2 Å². The molecule has 0 bridgehead atoms. The van der Waals surface area contributed by atoms with E-state index >= 15 is 0 Å². The Hall–Kier alpha value is -3.52. The summed E-state index contributed by atoms with van der Waals surface area (Å²) in [6, 6.07) is 15.8. The Bertz CT molecular complexity index is 1160.